The first-order valence-electron chi connectivity index (χ1n) is 11.0. The smallest absolute Gasteiger partial charge is 0.434 e. The van der Waals surface area contributed by atoms with Gasteiger partial charge in [-0.2, -0.15) is 13.2 Å². The summed E-state index contributed by atoms with van der Waals surface area (Å²) in [4.78, 5) is 32.0. The Kier molecular flexibility index (Phi) is 7.50. The number of halogens is 3. The number of nitrogens with zero attached hydrogens (tertiary/aromatic N) is 3. The average Bonchev–Trinajstić information content (AvgIpc) is 2.74. The van der Waals surface area contributed by atoms with E-state index in [2.05, 4.69) is 15.2 Å². The van der Waals surface area contributed by atoms with Crippen LogP contribution in [-0.4, -0.2) is 58.1 Å². The topological polar surface area (TPSA) is 74.8 Å². The Bertz CT molecular complexity index is 1020. The lowest BCUT2D eigenvalue weighted by Gasteiger charge is -2.40. The molecular weight excluding hydrogens is 449 g/mol. The fourth-order valence-electron chi connectivity index (χ4n) is 3.66. The molecule has 1 aliphatic rings. The van der Waals surface area contributed by atoms with Gasteiger partial charge in [0.2, 0.25) is 0 Å². The molecule has 34 heavy (non-hydrogen) atoms. The molecule has 1 aliphatic heterocycles. The quantitative estimate of drug-likeness (QED) is 0.684. The first-order valence-corrected chi connectivity index (χ1v) is 11.0. The molecule has 1 unspecified atom stereocenters. The summed E-state index contributed by atoms with van der Waals surface area (Å²) in [6, 6.07) is 9.44. The van der Waals surface area contributed by atoms with Gasteiger partial charge in [-0.1, -0.05) is 12.1 Å². The van der Waals surface area contributed by atoms with Gasteiger partial charge in [0.1, 0.15) is 5.60 Å². The number of anilines is 1. The number of benzene rings is 1. The van der Waals surface area contributed by atoms with Gasteiger partial charge in [0.15, 0.2) is 5.69 Å². The van der Waals surface area contributed by atoms with Crippen LogP contribution < -0.4 is 5.32 Å². The van der Waals surface area contributed by atoms with Crippen molar-refractivity contribution in [3.8, 4) is 0 Å². The van der Waals surface area contributed by atoms with E-state index < -0.39 is 28.9 Å². The molecule has 3 rings (SSSR count). The molecule has 2 aromatic rings. The number of rotatable bonds is 4. The van der Waals surface area contributed by atoms with E-state index in [1.807, 2.05) is 39.8 Å². The van der Waals surface area contributed by atoms with Crippen molar-refractivity contribution in [2.75, 3.05) is 25.0 Å². The summed E-state index contributed by atoms with van der Waals surface area (Å²) in [5, 5.41) is 2.50. The van der Waals surface area contributed by atoms with Gasteiger partial charge in [0.05, 0.1) is 5.56 Å². The molecule has 1 aromatic carbocycles. The van der Waals surface area contributed by atoms with Gasteiger partial charge in [-0.3, -0.25) is 14.7 Å². The maximum atomic E-state index is 13.1. The minimum absolute atomic E-state index is 0.118. The van der Waals surface area contributed by atoms with Gasteiger partial charge >= 0.3 is 12.3 Å². The number of carbonyl (C=O) groups is 2. The normalized spacial score (nSPS) is 17.4. The van der Waals surface area contributed by atoms with Crippen molar-refractivity contribution in [1.29, 1.82) is 0 Å². The van der Waals surface area contributed by atoms with Gasteiger partial charge in [-0.15, -0.1) is 0 Å². The SMILES string of the molecule is CC1CN(C(=O)OC(C)(C)C)CCN1Cc1ccc(NC(=O)c2cccnc2C(F)(F)F)cc1. The summed E-state index contributed by atoms with van der Waals surface area (Å²) >= 11 is 0. The van der Waals surface area contributed by atoms with Gasteiger partial charge in [-0.25, -0.2) is 4.79 Å². The molecule has 0 bridgehead atoms. The predicted molar refractivity (Wildman–Crippen MR) is 121 cm³/mol. The Morgan fingerprint density at radius 2 is 1.79 bits per heavy atom. The largest absolute Gasteiger partial charge is 0.444 e. The highest BCUT2D eigenvalue weighted by atomic mass is 19.4. The molecule has 1 N–H and O–H groups in total. The third kappa shape index (κ3) is 6.69. The maximum absolute atomic E-state index is 13.1. The molecule has 184 valence electrons. The van der Waals surface area contributed by atoms with E-state index in [0.29, 0.717) is 31.9 Å². The minimum atomic E-state index is -4.72. The Morgan fingerprint density at radius 1 is 1.12 bits per heavy atom. The lowest BCUT2D eigenvalue weighted by Crippen LogP contribution is -2.54. The summed E-state index contributed by atoms with van der Waals surface area (Å²) in [5.41, 5.74) is -0.930. The van der Waals surface area contributed by atoms with Crippen LogP contribution in [-0.2, 0) is 17.5 Å². The maximum Gasteiger partial charge on any atom is 0.434 e. The van der Waals surface area contributed by atoms with Crippen molar-refractivity contribution in [3.63, 3.8) is 0 Å². The Morgan fingerprint density at radius 3 is 2.38 bits per heavy atom. The highest BCUT2D eigenvalue weighted by Crippen LogP contribution is 2.30. The molecule has 2 amide bonds. The van der Waals surface area contributed by atoms with Crippen LogP contribution in [0.25, 0.3) is 0 Å². The molecule has 7 nitrogen and oxygen atoms in total. The van der Waals surface area contributed by atoms with Crippen LogP contribution in [0.15, 0.2) is 42.6 Å². The van der Waals surface area contributed by atoms with E-state index in [1.54, 1.807) is 17.0 Å². The molecule has 0 radical (unpaired) electrons. The van der Waals surface area contributed by atoms with Crippen LogP contribution in [0.1, 0.15) is 49.3 Å². The van der Waals surface area contributed by atoms with E-state index in [1.165, 1.54) is 6.07 Å². The summed E-state index contributed by atoms with van der Waals surface area (Å²) < 4.78 is 44.8. The van der Waals surface area contributed by atoms with Crippen molar-refractivity contribution in [2.45, 2.75) is 52.1 Å². The summed E-state index contributed by atoms with van der Waals surface area (Å²) in [7, 11) is 0. The number of aromatic nitrogens is 1. The highest BCUT2D eigenvalue weighted by Gasteiger charge is 2.37. The van der Waals surface area contributed by atoms with Gasteiger partial charge < -0.3 is 15.0 Å². The van der Waals surface area contributed by atoms with E-state index in [9.17, 15) is 22.8 Å². The number of pyridine rings is 1. The molecule has 1 saturated heterocycles. The van der Waals surface area contributed by atoms with Crippen molar-refractivity contribution >= 4 is 17.7 Å². The zero-order valence-electron chi connectivity index (χ0n) is 19.6. The van der Waals surface area contributed by atoms with E-state index in [-0.39, 0.29) is 12.1 Å². The Hall–Kier alpha value is -3.14. The second-order valence-electron chi connectivity index (χ2n) is 9.29. The van der Waals surface area contributed by atoms with Crippen molar-refractivity contribution in [1.82, 2.24) is 14.8 Å². The van der Waals surface area contributed by atoms with Crippen LogP contribution in [0.5, 0.6) is 0 Å². The third-order valence-electron chi connectivity index (χ3n) is 5.34. The molecule has 0 aliphatic carbocycles. The highest BCUT2D eigenvalue weighted by molar-refractivity contribution is 6.05. The predicted octanol–water partition coefficient (Wildman–Crippen LogP) is 4.79. The lowest BCUT2D eigenvalue weighted by molar-refractivity contribution is -0.141. The van der Waals surface area contributed by atoms with Crippen molar-refractivity contribution in [3.05, 3.63) is 59.4 Å². The third-order valence-corrected chi connectivity index (χ3v) is 5.34. The van der Waals surface area contributed by atoms with E-state index in [0.717, 1.165) is 17.8 Å². The Balaban J connectivity index is 1.58. The summed E-state index contributed by atoms with van der Waals surface area (Å²) in [6.45, 7) is 9.97. The number of hydrogen-bond donors (Lipinski definition) is 1. The number of ether oxygens (including phenoxy) is 1. The molecule has 1 fully saturated rings. The van der Waals surface area contributed by atoms with Gasteiger partial charge in [-0.05, 0) is 57.5 Å². The molecule has 10 heteroatoms. The Labute approximate surface area is 196 Å². The number of alkyl halides is 3. The monoisotopic (exact) mass is 478 g/mol. The fraction of sp³-hybridized carbons (Fsp3) is 0.458. The second kappa shape index (κ2) is 10.0. The lowest BCUT2D eigenvalue weighted by atomic mass is 10.1. The minimum Gasteiger partial charge on any atom is -0.444 e. The molecule has 2 heterocycles. The van der Waals surface area contributed by atoms with Crippen LogP contribution in [0.4, 0.5) is 23.7 Å². The number of hydrogen-bond acceptors (Lipinski definition) is 5. The first-order chi connectivity index (χ1) is 15.8. The molecular formula is C24H29F3N4O3. The number of carbonyl (C=O) groups excluding carboxylic acids is 2. The summed E-state index contributed by atoms with van der Waals surface area (Å²) in [6.07, 6.45) is -4.04. The average molecular weight is 479 g/mol. The fourth-order valence-corrected chi connectivity index (χ4v) is 3.66. The van der Waals surface area contributed by atoms with Gasteiger partial charge in [0.25, 0.3) is 5.91 Å². The number of nitrogens with one attached hydrogen (secondary N) is 1. The zero-order chi connectivity index (χ0) is 25.1. The number of piperazine rings is 1. The van der Waals surface area contributed by atoms with Crippen molar-refractivity contribution < 1.29 is 27.5 Å². The van der Waals surface area contributed by atoms with Crippen LogP contribution in [0.3, 0.4) is 0 Å². The second-order valence-corrected chi connectivity index (χ2v) is 9.29. The molecule has 0 saturated carbocycles. The molecule has 1 atom stereocenters. The zero-order valence-corrected chi connectivity index (χ0v) is 19.6. The van der Waals surface area contributed by atoms with E-state index in [4.69, 9.17) is 4.74 Å². The van der Waals surface area contributed by atoms with Crippen molar-refractivity contribution in [2.24, 2.45) is 0 Å². The molecule has 1 aromatic heterocycles. The van der Waals surface area contributed by atoms with Gasteiger partial charge in [0, 0.05) is 44.1 Å². The molecule has 0 spiro atoms. The first kappa shape index (κ1) is 25.5. The van der Waals surface area contributed by atoms with Crippen LogP contribution >= 0.6 is 0 Å². The van der Waals surface area contributed by atoms with E-state index >= 15 is 0 Å². The summed E-state index contributed by atoms with van der Waals surface area (Å²) in [5.74, 6) is -0.875. The standard InChI is InChI=1S/C24H29F3N4O3/c1-16-14-31(22(33)34-23(2,3)4)13-12-30(16)15-17-7-9-18(10-8-17)29-21(32)19-6-5-11-28-20(19)24(25,26)27/h5-11,16H,12-15H2,1-4H3,(H,29,32). The van der Waals surface area contributed by atoms with Crippen LogP contribution in [0, 0.1) is 0 Å². The number of amides is 2. The van der Waals surface area contributed by atoms with Crippen LogP contribution in [0.2, 0.25) is 0 Å².